The van der Waals surface area contributed by atoms with E-state index >= 15 is 0 Å². The van der Waals surface area contributed by atoms with E-state index in [4.69, 9.17) is 19.5 Å². The smallest absolute Gasteiger partial charge is 0.319 e. The highest BCUT2D eigenvalue weighted by Crippen LogP contribution is 2.41. The summed E-state index contributed by atoms with van der Waals surface area (Å²) in [5, 5.41) is 12.9. The molecule has 1 fully saturated rings. The Morgan fingerprint density at radius 2 is 2.00 bits per heavy atom. The van der Waals surface area contributed by atoms with Gasteiger partial charge < -0.3 is 24.8 Å². The number of aliphatic carboxylic acids is 1. The predicted molar refractivity (Wildman–Crippen MR) is 65.8 cm³/mol. The van der Waals surface area contributed by atoms with Crippen molar-refractivity contribution in [2.45, 2.75) is 19.3 Å². The van der Waals surface area contributed by atoms with Gasteiger partial charge in [0.25, 0.3) is 0 Å². The molecule has 1 heterocycles. The number of hydrogen-bond acceptors (Lipinski definition) is 6. The van der Waals surface area contributed by atoms with Gasteiger partial charge in [0.15, 0.2) is 12.5 Å². The molecule has 1 saturated carbocycles. The van der Waals surface area contributed by atoms with Gasteiger partial charge in [0.1, 0.15) is 5.41 Å². The van der Waals surface area contributed by atoms with Gasteiger partial charge in [0, 0.05) is 11.8 Å². The zero-order valence-corrected chi connectivity index (χ0v) is 11.0. The van der Waals surface area contributed by atoms with Crippen LogP contribution in [0, 0.1) is 5.41 Å². The summed E-state index contributed by atoms with van der Waals surface area (Å²) < 4.78 is 5.28. The van der Waals surface area contributed by atoms with Crippen molar-refractivity contribution in [3.8, 4) is 0 Å². The molecule has 112 valence electrons. The molecule has 0 radical (unpaired) electrons. The van der Waals surface area contributed by atoms with Crippen molar-refractivity contribution in [2.24, 2.45) is 5.41 Å². The number of hydrogen-bond donors (Lipinski definition) is 2. The van der Waals surface area contributed by atoms with Gasteiger partial charge >= 0.3 is 5.97 Å². The number of rotatable bonds is 8. The second-order valence-electron chi connectivity index (χ2n) is 4.65. The number of carbonyl (C=O) groups excluding carboxylic acids is 1. The number of nitrogens with one attached hydrogen (secondary N) is 1. The second kappa shape index (κ2) is 6.58. The summed E-state index contributed by atoms with van der Waals surface area (Å²) in [7, 11) is 0. The number of ether oxygens (including phenoxy) is 1. The quantitative estimate of drug-likeness (QED) is 0.479. The molecule has 2 rings (SSSR count). The lowest BCUT2D eigenvalue weighted by Crippen LogP contribution is -2.51. The molecule has 0 bridgehead atoms. The van der Waals surface area contributed by atoms with E-state index in [2.05, 4.69) is 5.32 Å². The Hall–Kier alpha value is -1.80. The monoisotopic (exact) mass is 286 g/mol. The Morgan fingerprint density at radius 1 is 1.30 bits per heavy atom. The Morgan fingerprint density at radius 3 is 2.55 bits per heavy atom. The van der Waals surface area contributed by atoms with Crippen LogP contribution in [0.2, 0.25) is 0 Å². The summed E-state index contributed by atoms with van der Waals surface area (Å²) in [6.07, 6.45) is 4.41. The van der Waals surface area contributed by atoms with Crippen LogP contribution in [-0.2, 0) is 24.0 Å². The third kappa shape index (κ3) is 3.20. The number of carbonyl (C=O) groups is 2. The first-order valence-electron chi connectivity index (χ1n) is 6.51. The molecule has 0 unspecified atom stereocenters. The van der Waals surface area contributed by atoms with Gasteiger partial charge in [-0.05, 0) is 12.8 Å². The van der Waals surface area contributed by atoms with Crippen LogP contribution < -0.4 is 5.32 Å². The van der Waals surface area contributed by atoms with Crippen molar-refractivity contribution in [1.29, 1.82) is 0 Å². The van der Waals surface area contributed by atoms with Crippen LogP contribution in [0.25, 0.3) is 0 Å². The van der Waals surface area contributed by atoms with Crippen LogP contribution in [0.4, 0.5) is 0 Å². The number of carboxylic acid groups (broad SMARTS) is 1. The first kappa shape index (κ1) is 14.6. The number of hydroxylamine groups is 2. The molecule has 20 heavy (non-hydrogen) atoms. The van der Waals surface area contributed by atoms with Crippen molar-refractivity contribution in [1.82, 2.24) is 10.5 Å². The van der Waals surface area contributed by atoms with Gasteiger partial charge in [-0.1, -0.05) is 6.42 Å². The van der Waals surface area contributed by atoms with E-state index in [1.165, 1.54) is 17.8 Å². The summed E-state index contributed by atoms with van der Waals surface area (Å²) in [6, 6.07) is 0. The minimum atomic E-state index is -1.22. The molecule has 0 atom stereocenters. The Kier molecular flexibility index (Phi) is 4.80. The number of carboxylic acids is 1. The fraction of sp³-hybridized carbons (Fsp3) is 0.667. The lowest BCUT2D eigenvalue weighted by Gasteiger charge is -2.35. The van der Waals surface area contributed by atoms with E-state index in [-0.39, 0.29) is 6.54 Å². The Balaban J connectivity index is 1.54. The molecule has 8 heteroatoms. The molecule has 1 aliphatic carbocycles. The summed E-state index contributed by atoms with van der Waals surface area (Å²) >= 11 is 0. The van der Waals surface area contributed by atoms with Crippen LogP contribution >= 0.6 is 0 Å². The van der Waals surface area contributed by atoms with E-state index in [1.54, 1.807) is 0 Å². The molecule has 8 nitrogen and oxygen atoms in total. The van der Waals surface area contributed by atoms with Gasteiger partial charge in [0.2, 0.25) is 5.91 Å². The summed E-state index contributed by atoms with van der Waals surface area (Å²) in [6.45, 7) is 1.40. The van der Waals surface area contributed by atoms with Crippen LogP contribution in [0.1, 0.15) is 19.3 Å². The van der Waals surface area contributed by atoms with Crippen molar-refractivity contribution >= 4 is 11.9 Å². The third-order valence-corrected chi connectivity index (χ3v) is 3.41. The van der Waals surface area contributed by atoms with Gasteiger partial charge in [-0.2, -0.15) is 0 Å². The largest absolute Gasteiger partial charge is 0.480 e. The van der Waals surface area contributed by atoms with Crippen molar-refractivity contribution in [3.63, 3.8) is 0 Å². The van der Waals surface area contributed by atoms with Gasteiger partial charge in [-0.25, -0.2) is 0 Å². The minimum absolute atomic E-state index is 0.286. The molecular weight excluding hydrogens is 268 g/mol. The minimum Gasteiger partial charge on any atom is -0.480 e. The molecule has 0 aromatic heterocycles. The highest BCUT2D eigenvalue weighted by atomic mass is 17.0. The van der Waals surface area contributed by atoms with Crippen LogP contribution in [0.3, 0.4) is 0 Å². The normalized spacial score (nSPS) is 19.8. The highest BCUT2D eigenvalue weighted by Gasteiger charge is 2.50. The standard InChI is InChI=1S/C12H18N2O6/c15-10(12(11(16)17)2-1-3-12)13-4-6-18-7-5-14-19-8-9-20-14/h8-9H,1-7H2,(H,13,15)(H,16,17). The van der Waals surface area contributed by atoms with Crippen LogP contribution in [0.5, 0.6) is 0 Å². The topological polar surface area (TPSA) is 97.3 Å². The zero-order chi connectivity index (χ0) is 14.4. The van der Waals surface area contributed by atoms with Crippen molar-refractivity contribution in [2.75, 3.05) is 26.3 Å². The molecule has 0 saturated heterocycles. The maximum Gasteiger partial charge on any atom is 0.319 e. The van der Waals surface area contributed by atoms with E-state index in [0.29, 0.717) is 32.6 Å². The second-order valence-corrected chi connectivity index (χ2v) is 4.65. The average molecular weight is 286 g/mol. The Bertz CT molecular complexity index is 385. The van der Waals surface area contributed by atoms with Crippen molar-refractivity contribution < 1.29 is 29.1 Å². The Labute approximate surface area is 116 Å². The van der Waals surface area contributed by atoms with E-state index in [1.807, 2.05) is 0 Å². The first-order chi connectivity index (χ1) is 9.65. The SMILES string of the molecule is O=C(O)C1(C(=O)NCCOCCN2OC=CO2)CCC1. The van der Waals surface area contributed by atoms with E-state index < -0.39 is 17.3 Å². The highest BCUT2D eigenvalue weighted by molar-refractivity contribution is 6.02. The zero-order valence-electron chi connectivity index (χ0n) is 11.0. The van der Waals surface area contributed by atoms with E-state index in [0.717, 1.165) is 6.42 Å². The lowest BCUT2D eigenvalue weighted by molar-refractivity contribution is -0.288. The van der Waals surface area contributed by atoms with Crippen molar-refractivity contribution in [3.05, 3.63) is 12.5 Å². The molecular formula is C12H18N2O6. The lowest BCUT2D eigenvalue weighted by atomic mass is 9.68. The molecule has 1 aliphatic heterocycles. The third-order valence-electron chi connectivity index (χ3n) is 3.41. The van der Waals surface area contributed by atoms with Crippen LogP contribution in [-0.4, -0.2) is 48.5 Å². The first-order valence-corrected chi connectivity index (χ1v) is 6.51. The summed E-state index contributed by atoms with van der Waals surface area (Å²) in [5.74, 6) is -1.46. The molecule has 2 N–H and O–H groups in total. The van der Waals surface area contributed by atoms with Gasteiger partial charge in [0.05, 0.1) is 19.8 Å². The van der Waals surface area contributed by atoms with Gasteiger partial charge in [-0.15, -0.1) is 0 Å². The average Bonchev–Trinajstić information content (AvgIpc) is 2.84. The predicted octanol–water partition coefficient (Wildman–Crippen LogP) is 0.0241. The molecule has 0 aromatic rings. The molecule has 0 spiro atoms. The fourth-order valence-corrected chi connectivity index (χ4v) is 2.03. The van der Waals surface area contributed by atoms with Crippen LogP contribution in [0.15, 0.2) is 12.5 Å². The molecule has 0 aromatic carbocycles. The number of nitrogens with zero attached hydrogens (tertiary/aromatic N) is 1. The maximum absolute atomic E-state index is 11.8. The molecule has 2 aliphatic rings. The van der Waals surface area contributed by atoms with Gasteiger partial charge in [-0.3, -0.25) is 9.59 Å². The summed E-state index contributed by atoms with van der Waals surface area (Å²) in [5.41, 5.74) is -1.22. The number of amides is 1. The molecule has 1 amide bonds. The summed E-state index contributed by atoms with van der Waals surface area (Å²) in [4.78, 5) is 32.7. The maximum atomic E-state index is 11.8. The van der Waals surface area contributed by atoms with E-state index in [9.17, 15) is 9.59 Å². The fourth-order valence-electron chi connectivity index (χ4n) is 2.03.